The van der Waals surface area contributed by atoms with E-state index in [0.717, 1.165) is 24.9 Å². The summed E-state index contributed by atoms with van der Waals surface area (Å²) < 4.78 is 26.2. The Bertz CT molecular complexity index is 383. The lowest BCUT2D eigenvalue weighted by Gasteiger charge is -2.24. The second kappa shape index (κ2) is 6.28. The van der Waals surface area contributed by atoms with Gasteiger partial charge in [0.1, 0.15) is 0 Å². The highest BCUT2D eigenvalue weighted by atomic mass is 19.2. The zero-order valence-corrected chi connectivity index (χ0v) is 11.7. The number of rotatable bonds is 5. The molecule has 0 aromatic heterocycles. The summed E-state index contributed by atoms with van der Waals surface area (Å²) in [6.07, 6.45) is 1.95. The first-order valence-corrected chi connectivity index (χ1v) is 6.52. The lowest BCUT2D eigenvalue weighted by atomic mass is 9.87. The van der Waals surface area contributed by atoms with Crippen LogP contribution < -0.4 is 5.32 Å². The van der Waals surface area contributed by atoms with Gasteiger partial charge in [-0.3, -0.25) is 0 Å². The largest absolute Gasteiger partial charge is 0.310 e. The van der Waals surface area contributed by atoms with Crippen molar-refractivity contribution >= 4 is 0 Å². The van der Waals surface area contributed by atoms with Crippen LogP contribution in [0.5, 0.6) is 0 Å². The van der Waals surface area contributed by atoms with E-state index < -0.39 is 11.6 Å². The summed E-state index contributed by atoms with van der Waals surface area (Å²) in [5.41, 5.74) is 1.06. The van der Waals surface area contributed by atoms with E-state index in [1.54, 1.807) is 6.07 Å². The van der Waals surface area contributed by atoms with Crippen molar-refractivity contribution in [2.24, 2.45) is 5.41 Å². The van der Waals surface area contributed by atoms with Gasteiger partial charge in [-0.25, -0.2) is 8.78 Å². The molecule has 0 aliphatic heterocycles. The Morgan fingerprint density at radius 1 is 1.17 bits per heavy atom. The summed E-state index contributed by atoms with van der Waals surface area (Å²) in [6, 6.07) is 4.25. The number of halogens is 2. The molecule has 0 heterocycles. The number of hydrogen-bond donors (Lipinski definition) is 1. The molecule has 0 fully saturated rings. The van der Waals surface area contributed by atoms with Gasteiger partial charge in [0, 0.05) is 6.04 Å². The highest BCUT2D eigenvalue weighted by Gasteiger charge is 2.17. The van der Waals surface area contributed by atoms with Gasteiger partial charge in [0.2, 0.25) is 0 Å². The minimum absolute atomic E-state index is 0.0873. The van der Waals surface area contributed by atoms with E-state index in [1.165, 1.54) is 12.1 Å². The Morgan fingerprint density at radius 2 is 1.83 bits per heavy atom. The van der Waals surface area contributed by atoms with Gasteiger partial charge in [0.15, 0.2) is 11.6 Å². The molecule has 1 atom stereocenters. The summed E-state index contributed by atoms with van der Waals surface area (Å²) in [5.74, 6) is -1.56. The molecule has 102 valence electrons. The van der Waals surface area contributed by atoms with Crippen LogP contribution in [0.1, 0.15) is 52.1 Å². The fraction of sp³-hybridized carbons (Fsp3) is 0.600. The third-order valence-corrected chi connectivity index (χ3v) is 2.98. The van der Waals surface area contributed by atoms with E-state index in [4.69, 9.17) is 0 Å². The Kier molecular flexibility index (Phi) is 5.27. The quantitative estimate of drug-likeness (QED) is 0.820. The van der Waals surface area contributed by atoms with Gasteiger partial charge >= 0.3 is 0 Å². The van der Waals surface area contributed by atoms with Crippen LogP contribution >= 0.6 is 0 Å². The predicted octanol–water partition coefficient (Wildman–Crippen LogP) is 4.44. The maximum atomic E-state index is 13.3. The Morgan fingerprint density at radius 3 is 2.33 bits per heavy atom. The van der Waals surface area contributed by atoms with Gasteiger partial charge in [0.05, 0.1) is 0 Å². The average molecular weight is 255 g/mol. The second-order valence-corrected chi connectivity index (χ2v) is 5.88. The van der Waals surface area contributed by atoms with Crippen LogP contribution in [0, 0.1) is 17.0 Å². The Balaban J connectivity index is 2.80. The fourth-order valence-corrected chi connectivity index (χ4v) is 1.94. The van der Waals surface area contributed by atoms with E-state index in [1.807, 2.05) is 6.92 Å². The molecule has 0 saturated carbocycles. The summed E-state index contributed by atoms with van der Waals surface area (Å²) in [6.45, 7) is 9.38. The molecule has 1 aromatic rings. The zero-order valence-electron chi connectivity index (χ0n) is 11.7. The van der Waals surface area contributed by atoms with Crippen molar-refractivity contribution in [1.29, 1.82) is 0 Å². The topological polar surface area (TPSA) is 12.0 Å². The molecule has 0 amide bonds. The standard InChI is InChI=1S/C15H23F2N/c1-5-18-14(8-9-15(2,3)4)11-6-7-12(16)13(17)10-11/h6-7,10,14,18H,5,8-9H2,1-4H3. The third kappa shape index (κ3) is 4.73. The molecule has 0 spiro atoms. The van der Waals surface area contributed by atoms with Crippen LogP contribution in [-0.2, 0) is 0 Å². The molecule has 0 saturated heterocycles. The van der Waals surface area contributed by atoms with E-state index >= 15 is 0 Å². The Labute approximate surface area is 109 Å². The smallest absolute Gasteiger partial charge is 0.159 e. The van der Waals surface area contributed by atoms with Crippen LogP contribution in [0.3, 0.4) is 0 Å². The molecule has 0 aliphatic carbocycles. The van der Waals surface area contributed by atoms with Gasteiger partial charge in [-0.15, -0.1) is 0 Å². The first kappa shape index (κ1) is 15.1. The third-order valence-electron chi connectivity index (χ3n) is 2.98. The molecular formula is C15H23F2N. The summed E-state index contributed by atoms with van der Waals surface area (Å²) >= 11 is 0. The summed E-state index contributed by atoms with van der Waals surface area (Å²) in [5, 5.41) is 3.33. The number of nitrogens with one attached hydrogen (secondary N) is 1. The molecule has 1 aromatic carbocycles. The van der Waals surface area contributed by atoms with Gasteiger partial charge in [-0.05, 0) is 42.5 Å². The average Bonchev–Trinajstić information content (AvgIpc) is 2.27. The minimum Gasteiger partial charge on any atom is -0.310 e. The zero-order chi connectivity index (χ0) is 13.8. The van der Waals surface area contributed by atoms with Crippen LogP contribution in [-0.4, -0.2) is 6.54 Å². The molecule has 1 rings (SSSR count). The first-order valence-electron chi connectivity index (χ1n) is 6.52. The van der Waals surface area contributed by atoms with Gasteiger partial charge in [-0.2, -0.15) is 0 Å². The lowest BCUT2D eigenvalue weighted by molar-refractivity contribution is 0.333. The van der Waals surface area contributed by atoms with Gasteiger partial charge in [-0.1, -0.05) is 33.8 Å². The van der Waals surface area contributed by atoms with E-state index in [2.05, 4.69) is 26.1 Å². The van der Waals surface area contributed by atoms with Gasteiger partial charge < -0.3 is 5.32 Å². The van der Waals surface area contributed by atoms with Crippen molar-refractivity contribution in [1.82, 2.24) is 5.32 Å². The van der Waals surface area contributed by atoms with E-state index in [0.29, 0.717) is 0 Å². The second-order valence-electron chi connectivity index (χ2n) is 5.88. The molecule has 18 heavy (non-hydrogen) atoms. The molecule has 1 unspecified atom stereocenters. The SMILES string of the molecule is CCNC(CCC(C)(C)C)c1ccc(F)c(F)c1. The minimum atomic E-state index is -0.787. The molecule has 0 aliphatic rings. The van der Waals surface area contributed by atoms with Crippen molar-refractivity contribution < 1.29 is 8.78 Å². The highest BCUT2D eigenvalue weighted by Crippen LogP contribution is 2.28. The fourth-order valence-electron chi connectivity index (χ4n) is 1.94. The monoisotopic (exact) mass is 255 g/mol. The molecule has 0 bridgehead atoms. The molecule has 3 heteroatoms. The summed E-state index contributed by atoms with van der Waals surface area (Å²) in [4.78, 5) is 0. The van der Waals surface area contributed by atoms with Crippen molar-refractivity contribution in [3.05, 3.63) is 35.4 Å². The van der Waals surface area contributed by atoms with E-state index in [-0.39, 0.29) is 11.5 Å². The lowest BCUT2D eigenvalue weighted by Crippen LogP contribution is -2.22. The first-order chi connectivity index (χ1) is 8.33. The van der Waals surface area contributed by atoms with Crippen LogP contribution in [0.15, 0.2) is 18.2 Å². The predicted molar refractivity (Wildman–Crippen MR) is 71.5 cm³/mol. The molecule has 1 nitrogen and oxygen atoms in total. The van der Waals surface area contributed by atoms with Crippen LogP contribution in [0.4, 0.5) is 8.78 Å². The van der Waals surface area contributed by atoms with Crippen molar-refractivity contribution in [2.45, 2.75) is 46.6 Å². The van der Waals surface area contributed by atoms with Crippen molar-refractivity contribution in [3.63, 3.8) is 0 Å². The number of hydrogen-bond acceptors (Lipinski definition) is 1. The molecular weight excluding hydrogens is 232 g/mol. The van der Waals surface area contributed by atoms with Crippen LogP contribution in [0.25, 0.3) is 0 Å². The molecule has 1 N–H and O–H groups in total. The number of benzene rings is 1. The van der Waals surface area contributed by atoms with Crippen molar-refractivity contribution in [2.75, 3.05) is 6.54 Å². The molecule has 0 radical (unpaired) electrons. The highest BCUT2D eigenvalue weighted by molar-refractivity contribution is 5.21. The van der Waals surface area contributed by atoms with Crippen molar-refractivity contribution in [3.8, 4) is 0 Å². The van der Waals surface area contributed by atoms with Crippen LogP contribution in [0.2, 0.25) is 0 Å². The maximum absolute atomic E-state index is 13.3. The van der Waals surface area contributed by atoms with Gasteiger partial charge in [0.25, 0.3) is 0 Å². The normalized spacial score (nSPS) is 13.7. The summed E-state index contributed by atoms with van der Waals surface area (Å²) in [7, 11) is 0. The Hall–Kier alpha value is -0.960. The van der Waals surface area contributed by atoms with E-state index in [9.17, 15) is 8.78 Å². The maximum Gasteiger partial charge on any atom is 0.159 e.